The molecule has 0 unspecified atom stereocenters. The van der Waals surface area contributed by atoms with E-state index in [-0.39, 0.29) is 5.91 Å². The summed E-state index contributed by atoms with van der Waals surface area (Å²) in [7, 11) is 0. The van der Waals surface area contributed by atoms with Crippen LogP contribution in [-0.2, 0) is 0 Å². The Balaban J connectivity index is 1.73. The summed E-state index contributed by atoms with van der Waals surface area (Å²) in [5, 5.41) is 6.77. The second-order valence-corrected chi connectivity index (χ2v) is 7.92. The maximum absolute atomic E-state index is 13.1. The number of aromatic nitrogens is 1. The van der Waals surface area contributed by atoms with E-state index in [2.05, 4.69) is 33.7 Å². The summed E-state index contributed by atoms with van der Waals surface area (Å²) in [6.07, 6.45) is 7.89. The molecule has 0 radical (unpaired) electrons. The van der Waals surface area contributed by atoms with Crippen molar-refractivity contribution in [1.29, 1.82) is 0 Å². The molecule has 2 heterocycles. The van der Waals surface area contributed by atoms with Crippen LogP contribution in [0, 0.1) is 5.92 Å². The van der Waals surface area contributed by atoms with E-state index in [1.54, 1.807) is 18.2 Å². The van der Waals surface area contributed by atoms with Gasteiger partial charge in [0.1, 0.15) is 11.6 Å². The van der Waals surface area contributed by atoms with Crippen molar-refractivity contribution in [1.82, 2.24) is 4.98 Å². The molecule has 1 aliphatic rings. The number of carbonyl (C=O) groups excluding carboxylic acids is 1. The molecule has 1 fully saturated rings. The molecule has 6 heteroatoms. The molecule has 0 aliphatic carbocycles. The van der Waals surface area contributed by atoms with Crippen molar-refractivity contribution in [3.05, 3.63) is 72.3 Å². The van der Waals surface area contributed by atoms with E-state index in [1.807, 2.05) is 30.4 Å². The van der Waals surface area contributed by atoms with Crippen molar-refractivity contribution in [2.45, 2.75) is 25.7 Å². The van der Waals surface area contributed by atoms with Gasteiger partial charge in [-0.25, -0.2) is 4.98 Å². The predicted molar refractivity (Wildman–Crippen MR) is 127 cm³/mol. The highest BCUT2D eigenvalue weighted by molar-refractivity contribution is 6.31. The first-order valence-corrected chi connectivity index (χ1v) is 10.8. The topological polar surface area (TPSA) is 57.3 Å². The lowest BCUT2D eigenvalue weighted by molar-refractivity contribution is 0.102. The van der Waals surface area contributed by atoms with Gasteiger partial charge >= 0.3 is 0 Å². The van der Waals surface area contributed by atoms with Gasteiger partial charge in [-0.1, -0.05) is 29.8 Å². The molecule has 2 aromatic rings. The Bertz CT molecular complexity index is 891. The minimum Gasteiger partial charge on any atom is -0.371 e. The Morgan fingerprint density at radius 3 is 2.67 bits per heavy atom. The van der Waals surface area contributed by atoms with Crippen molar-refractivity contribution < 1.29 is 4.79 Å². The second-order valence-electron chi connectivity index (χ2n) is 7.48. The molecule has 1 aliphatic heterocycles. The van der Waals surface area contributed by atoms with Gasteiger partial charge in [0.15, 0.2) is 0 Å². The van der Waals surface area contributed by atoms with Crippen LogP contribution in [0.25, 0.3) is 0 Å². The zero-order chi connectivity index (χ0) is 21.3. The molecule has 0 saturated carbocycles. The van der Waals surface area contributed by atoms with Gasteiger partial charge in [0, 0.05) is 24.7 Å². The molecule has 30 heavy (non-hydrogen) atoms. The number of carbonyl (C=O) groups is 1. The zero-order valence-corrected chi connectivity index (χ0v) is 18.0. The first-order valence-electron chi connectivity index (χ1n) is 10.4. The Hall–Kier alpha value is -2.79. The van der Waals surface area contributed by atoms with Crippen LogP contribution in [0.15, 0.2) is 61.7 Å². The number of amides is 1. The quantitative estimate of drug-likeness (QED) is 0.396. The summed E-state index contributed by atoms with van der Waals surface area (Å²) in [6, 6.07) is 10.9. The fraction of sp³-hybridized carbons (Fsp3) is 0.333. The molecule has 0 spiro atoms. The lowest BCUT2D eigenvalue weighted by Gasteiger charge is -2.34. The molecule has 1 aromatic carbocycles. The summed E-state index contributed by atoms with van der Waals surface area (Å²) in [4.78, 5) is 19.8. The van der Waals surface area contributed by atoms with Crippen LogP contribution in [0.1, 0.15) is 36.0 Å². The third-order valence-corrected chi connectivity index (χ3v) is 5.54. The Morgan fingerprint density at radius 2 is 1.93 bits per heavy atom. The van der Waals surface area contributed by atoms with Crippen LogP contribution in [0.5, 0.6) is 0 Å². The summed E-state index contributed by atoms with van der Waals surface area (Å²) >= 11 is 6.26. The van der Waals surface area contributed by atoms with Crippen LogP contribution in [-0.4, -0.2) is 30.5 Å². The van der Waals surface area contributed by atoms with Crippen molar-refractivity contribution in [2.24, 2.45) is 5.92 Å². The summed E-state index contributed by atoms with van der Waals surface area (Å²) in [6.45, 7) is 10.1. The van der Waals surface area contributed by atoms with Gasteiger partial charge in [0.05, 0.1) is 11.3 Å². The Labute approximate surface area is 183 Å². The molecule has 2 N–H and O–H groups in total. The SMILES string of the molecule is C=CCCNc1cccc(NC(=O)c2ccc(Cl)cc2N2CCC(CC=C)CC2)n1. The lowest BCUT2D eigenvalue weighted by Crippen LogP contribution is -2.35. The number of halogens is 1. The van der Waals surface area contributed by atoms with E-state index >= 15 is 0 Å². The number of nitrogens with zero attached hydrogens (tertiary/aromatic N) is 2. The van der Waals surface area contributed by atoms with Crippen LogP contribution in [0.3, 0.4) is 0 Å². The fourth-order valence-corrected chi connectivity index (χ4v) is 3.86. The van der Waals surface area contributed by atoms with Gasteiger partial charge in [-0.3, -0.25) is 4.79 Å². The molecule has 1 saturated heterocycles. The maximum atomic E-state index is 13.1. The van der Waals surface area contributed by atoms with Crippen LogP contribution in [0.2, 0.25) is 5.02 Å². The second kappa shape index (κ2) is 10.8. The number of rotatable bonds is 9. The van der Waals surface area contributed by atoms with Gasteiger partial charge < -0.3 is 15.5 Å². The number of hydrogen-bond acceptors (Lipinski definition) is 4. The minimum atomic E-state index is -0.189. The highest BCUT2D eigenvalue weighted by Crippen LogP contribution is 2.30. The van der Waals surface area contributed by atoms with Gasteiger partial charge in [-0.15, -0.1) is 13.2 Å². The summed E-state index contributed by atoms with van der Waals surface area (Å²) in [5.74, 6) is 1.70. The van der Waals surface area contributed by atoms with Gasteiger partial charge in [-0.2, -0.15) is 0 Å². The molecule has 158 valence electrons. The molecule has 0 bridgehead atoms. The normalized spacial score (nSPS) is 14.2. The highest BCUT2D eigenvalue weighted by Gasteiger charge is 2.23. The monoisotopic (exact) mass is 424 g/mol. The Morgan fingerprint density at radius 1 is 1.17 bits per heavy atom. The van der Waals surface area contributed by atoms with Gasteiger partial charge in [0.2, 0.25) is 0 Å². The Kier molecular flexibility index (Phi) is 7.91. The number of nitrogens with one attached hydrogen (secondary N) is 2. The standard InChI is InChI=1S/C24H29ClN4O/c1-3-5-14-26-22-8-6-9-23(27-22)28-24(30)20-11-10-19(25)17-21(20)29-15-12-18(7-4-2)13-16-29/h3-4,6,8-11,17-18H,1-2,5,7,12-16H2,(H2,26,27,28,30). The molecule has 0 atom stereocenters. The predicted octanol–water partition coefficient (Wildman–Crippen LogP) is 5.77. The van der Waals surface area contributed by atoms with Crippen molar-refractivity contribution in [2.75, 3.05) is 35.2 Å². The summed E-state index contributed by atoms with van der Waals surface area (Å²) < 4.78 is 0. The molecule has 5 nitrogen and oxygen atoms in total. The van der Waals surface area contributed by atoms with E-state index in [0.29, 0.717) is 22.3 Å². The number of hydrogen-bond donors (Lipinski definition) is 2. The molecular weight excluding hydrogens is 396 g/mol. The largest absolute Gasteiger partial charge is 0.371 e. The van der Waals surface area contributed by atoms with E-state index < -0.39 is 0 Å². The highest BCUT2D eigenvalue weighted by atomic mass is 35.5. The minimum absolute atomic E-state index is 0.189. The van der Waals surface area contributed by atoms with Crippen LogP contribution >= 0.6 is 11.6 Å². The van der Waals surface area contributed by atoms with Crippen molar-refractivity contribution >= 4 is 34.8 Å². The third-order valence-electron chi connectivity index (χ3n) is 5.30. The number of piperidine rings is 1. The first kappa shape index (κ1) is 21.9. The molecule has 1 aromatic heterocycles. The molecule has 1 amide bonds. The van der Waals surface area contributed by atoms with E-state index in [0.717, 1.165) is 56.8 Å². The molecular formula is C24H29ClN4O. The fourth-order valence-electron chi connectivity index (χ4n) is 3.69. The van der Waals surface area contributed by atoms with E-state index in [4.69, 9.17) is 11.6 Å². The summed E-state index contributed by atoms with van der Waals surface area (Å²) in [5.41, 5.74) is 1.48. The van der Waals surface area contributed by atoms with Gasteiger partial charge in [-0.05, 0) is 61.9 Å². The van der Waals surface area contributed by atoms with Gasteiger partial charge in [0.25, 0.3) is 5.91 Å². The third kappa shape index (κ3) is 5.86. The van der Waals surface area contributed by atoms with Crippen molar-refractivity contribution in [3.63, 3.8) is 0 Å². The first-order chi connectivity index (χ1) is 14.6. The maximum Gasteiger partial charge on any atom is 0.258 e. The van der Waals surface area contributed by atoms with E-state index in [1.165, 1.54) is 0 Å². The number of pyridine rings is 1. The number of anilines is 3. The zero-order valence-electron chi connectivity index (χ0n) is 17.2. The molecule has 3 rings (SSSR count). The van der Waals surface area contributed by atoms with Crippen LogP contribution in [0.4, 0.5) is 17.3 Å². The average Bonchev–Trinajstić information content (AvgIpc) is 2.75. The number of allylic oxidation sites excluding steroid dienone is 1. The van der Waals surface area contributed by atoms with E-state index in [9.17, 15) is 4.79 Å². The van der Waals surface area contributed by atoms with Crippen LogP contribution < -0.4 is 15.5 Å². The smallest absolute Gasteiger partial charge is 0.258 e. The van der Waals surface area contributed by atoms with Crippen molar-refractivity contribution in [3.8, 4) is 0 Å². The number of benzene rings is 1. The lowest BCUT2D eigenvalue weighted by atomic mass is 9.93. The average molecular weight is 425 g/mol.